The minimum atomic E-state index is 0.240. The summed E-state index contributed by atoms with van der Waals surface area (Å²) in [5.41, 5.74) is 9.94. The highest BCUT2D eigenvalue weighted by Gasteiger charge is 2.24. The topological polar surface area (TPSA) is 35.2 Å². The van der Waals surface area contributed by atoms with Gasteiger partial charge in [0.2, 0.25) is 0 Å². The van der Waals surface area contributed by atoms with Crippen LogP contribution in [-0.2, 0) is 11.3 Å². The van der Waals surface area contributed by atoms with Crippen LogP contribution in [0, 0.1) is 13.8 Å². The highest BCUT2D eigenvalue weighted by atomic mass is 16.5. The van der Waals surface area contributed by atoms with E-state index in [-0.39, 0.29) is 12.1 Å². The minimum Gasteiger partial charge on any atom is -0.372 e. The number of rotatable bonds is 3. The second-order valence-electron chi connectivity index (χ2n) is 4.81. The lowest BCUT2D eigenvalue weighted by molar-refractivity contribution is 0.0352. The third-order valence-electron chi connectivity index (χ3n) is 3.59. The molecular weight excluding hydrogens is 198 g/mol. The maximum absolute atomic E-state index is 5.99. The molecule has 0 aliphatic heterocycles. The molecule has 0 heterocycles. The van der Waals surface area contributed by atoms with Crippen LogP contribution in [0.25, 0.3) is 0 Å². The molecule has 0 saturated heterocycles. The second kappa shape index (κ2) is 4.98. The minimum absolute atomic E-state index is 0.240. The normalized spacial score (nSPS) is 24.9. The van der Waals surface area contributed by atoms with Crippen molar-refractivity contribution in [3.63, 3.8) is 0 Å². The molecule has 0 spiro atoms. The monoisotopic (exact) mass is 219 g/mol. The first-order valence-electron chi connectivity index (χ1n) is 6.11. The van der Waals surface area contributed by atoms with E-state index in [0.717, 1.165) is 12.8 Å². The van der Waals surface area contributed by atoms with Crippen molar-refractivity contribution >= 4 is 0 Å². The first kappa shape index (κ1) is 11.6. The Bertz CT molecular complexity index is 342. The molecule has 2 atom stereocenters. The summed E-state index contributed by atoms with van der Waals surface area (Å²) in [6, 6.07) is 6.61. The summed E-state index contributed by atoms with van der Waals surface area (Å²) in [7, 11) is 0. The Morgan fingerprint density at radius 1 is 1.25 bits per heavy atom. The molecule has 2 nitrogen and oxygen atoms in total. The summed E-state index contributed by atoms with van der Waals surface area (Å²) in [4.78, 5) is 0. The van der Waals surface area contributed by atoms with Crippen molar-refractivity contribution in [3.8, 4) is 0 Å². The molecule has 2 heteroatoms. The number of hydrogen-bond donors (Lipinski definition) is 1. The van der Waals surface area contributed by atoms with E-state index >= 15 is 0 Å². The van der Waals surface area contributed by atoms with Gasteiger partial charge in [-0.15, -0.1) is 0 Å². The number of hydrogen-bond acceptors (Lipinski definition) is 2. The zero-order valence-electron chi connectivity index (χ0n) is 10.2. The van der Waals surface area contributed by atoms with E-state index in [4.69, 9.17) is 10.5 Å². The smallest absolute Gasteiger partial charge is 0.0730 e. The van der Waals surface area contributed by atoms with E-state index in [1.54, 1.807) is 0 Å². The lowest BCUT2D eigenvalue weighted by Gasteiger charge is -2.18. The Kier molecular flexibility index (Phi) is 3.62. The Labute approximate surface area is 97.8 Å². The van der Waals surface area contributed by atoms with Gasteiger partial charge in [-0.1, -0.05) is 18.2 Å². The van der Waals surface area contributed by atoms with Crippen LogP contribution in [0.15, 0.2) is 18.2 Å². The number of ether oxygens (including phenoxy) is 1. The first-order valence-corrected chi connectivity index (χ1v) is 6.11. The molecule has 88 valence electrons. The summed E-state index contributed by atoms with van der Waals surface area (Å²) in [6.07, 6.45) is 3.70. The Hall–Kier alpha value is -0.860. The molecule has 0 radical (unpaired) electrons. The van der Waals surface area contributed by atoms with Crippen molar-refractivity contribution in [1.29, 1.82) is 0 Å². The van der Waals surface area contributed by atoms with Crippen molar-refractivity contribution in [2.75, 3.05) is 0 Å². The average molecular weight is 219 g/mol. The zero-order valence-corrected chi connectivity index (χ0v) is 10.2. The van der Waals surface area contributed by atoms with Gasteiger partial charge in [-0.05, 0) is 49.8 Å². The first-order chi connectivity index (χ1) is 7.68. The van der Waals surface area contributed by atoms with E-state index in [1.807, 2.05) is 0 Å². The molecule has 0 amide bonds. The molecule has 1 fully saturated rings. The average Bonchev–Trinajstić information content (AvgIpc) is 2.64. The van der Waals surface area contributed by atoms with E-state index in [0.29, 0.717) is 6.61 Å². The summed E-state index contributed by atoms with van der Waals surface area (Å²) in [6.45, 7) is 4.98. The number of nitrogens with two attached hydrogens (primary N) is 1. The molecule has 0 unspecified atom stereocenters. The lowest BCUT2D eigenvalue weighted by atomic mass is 10.0. The van der Waals surface area contributed by atoms with Gasteiger partial charge in [0.1, 0.15) is 0 Å². The van der Waals surface area contributed by atoms with Gasteiger partial charge in [0.15, 0.2) is 0 Å². The van der Waals surface area contributed by atoms with Crippen molar-refractivity contribution in [1.82, 2.24) is 0 Å². The lowest BCUT2D eigenvalue weighted by Crippen LogP contribution is -2.31. The molecule has 1 aliphatic carbocycles. The van der Waals surface area contributed by atoms with E-state index in [9.17, 15) is 0 Å². The largest absolute Gasteiger partial charge is 0.372 e. The summed E-state index contributed by atoms with van der Waals surface area (Å²) >= 11 is 0. The second-order valence-corrected chi connectivity index (χ2v) is 4.81. The maximum atomic E-state index is 5.99. The van der Waals surface area contributed by atoms with Crippen LogP contribution in [0.5, 0.6) is 0 Å². The fourth-order valence-corrected chi connectivity index (χ4v) is 2.43. The van der Waals surface area contributed by atoms with Gasteiger partial charge in [-0.2, -0.15) is 0 Å². The predicted molar refractivity (Wildman–Crippen MR) is 66.3 cm³/mol. The van der Waals surface area contributed by atoms with Crippen LogP contribution in [0.1, 0.15) is 36.0 Å². The van der Waals surface area contributed by atoms with Gasteiger partial charge in [-0.25, -0.2) is 0 Å². The van der Waals surface area contributed by atoms with Crippen molar-refractivity contribution in [3.05, 3.63) is 34.9 Å². The van der Waals surface area contributed by atoms with Gasteiger partial charge in [0.25, 0.3) is 0 Å². The third-order valence-corrected chi connectivity index (χ3v) is 3.59. The summed E-state index contributed by atoms with van der Waals surface area (Å²) < 4.78 is 5.94. The molecule has 1 saturated carbocycles. The zero-order chi connectivity index (χ0) is 11.5. The van der Waals surface area contributed by atoms with Crippen LogP contribution in [0.3, 0.4) is 0 Å². The van der Waals surface area contributed by atoms with E-state index < -0.39 is 0 Å². The van der Waals surface area contributed by atoms with E-state index in [1.165, 1.54) is 23.1 Å². The Morgan fingerprint density at radius 2 is 1.94 bits per heavy atom. The summed E-state index contributed by atoms with van der Waals surface area (Å²) in [5.74, 6) is 0. The fourth-order valence-electron chi connectivity index (χ4n) is 2.43. The van der Waals surface area contributed by atoms with Crippen molar-refractivity contribution in [2.45, 2.75) is 51.9 Å². The number of benzene rings is 1. The molecule has 1 aromatic rings. The SMILES string of the molecule is Cc1cccc(C)c1CO[C@H]1CCC[C@@H]1N. The van der Waals surface area contributed by atoms with Crippen LogP contribution in [0.2, 0.25) is 0 Å². The highest BCUT2D eigenvalue weighted by molar-refractivity contribution is 5.32. The molecule has 2 rings (SSSR count). The molecule has 0 aromatic heterocycles. The van der Waals surface area contributed by atoms with E-state index in [2.05, 4.69) is 32.0 Å². The fraction of sp³-hybridized carbons (Fsp3) is 0.571. The van der Waals surface area contributed by atoms with Crippen LogP contribution < -0.4 is 5.73 Å². The molecule has 0 bridgehead atoms. The summed E-state index contributed by atoms with van der Waals surface area (Å²) in [5, 5.41) is 0. The maximum Gasteiger partial charge on any atom is 0.0730 e. The van der Waals surface area contributed by atoms with Gasteiger partial charge in [0.05, 0.1) is 12.7 Å². The van der Waals surface area contributed by atoms with Gasteiger partial charge >= 0.3 is 0 Å². The molecular formula is C14H21NO. The predicted octanol–water partition coefficient (Wildman–Crippen LogP) is 2.70. The van der Waals surface area contributed by atoms with Gasteiger partial charge in [0, 0.05) is 6.04 Å². The molecule has 1 aliphatic rings. The Balaban J connectivity index is 1.99. The third kappa shape index (κ3) is 2.45. The Morgan fingerprint density at radius 3 is 2.50 bits per heavy atom. The molecule has 2 N–H and O–H groups in total. The quantitative estimate of drug-likeness (QED) is 0.848. The van der Waals surface area contributed by atoms with Crippen LogP contribution in [-0.4, -0.2) is 12.1 Å². The van der Waals surface area contributed by atoms with Crippen LogP contribution >= 0.6 is 0 Å². The highest BCUT2D eigenvalue weighted by Crippen LogP contribution is 2.23. The van der Waals surface area contributed by atoms with Crippen molar-refractivity contribution in [2.24, 2.45) is 5.73 Å². The van der Waals surface area contributed by atoms with Gasteiger partial charge < -0.3 is 10.5 Å². The van der Waals surface area contributed by atoms with Crippen molar-refractivity contribution < 1.29 is 4.74 Å². The van der Waals surface area contributed by atoms with Crippen LogP contribution in [0.4, 0.5) is 0 Å². The van der Waals surface area contributed by atoms with Gasteiger partial charge in [-0.3, -0.25) is 0 Å². The molecule has 16 heavy (non-hydrogen) atoms. The molecule has 1 aromatic carbocycles. The number of aryl methyl sites for hydroxylation is 2. The standard InChI is InChI=1S/C14H21NO/c1-10-5-3-6-11(2)12(10)9-16-14-8-4-7-13(14)15/h3,5-6,13-14H,4,7-9,15H2,1-2H3/t13-,14-/m0/s1.